The first-order valence-corrected chi connectivity index (χ1v) is 7.09. The molecule has 0 saturated heterocycles. The number of aliphatic hydroxyl groups excluding tert-OH is 1. The van der Waals surface area contributed by atoms with Crippen molar-refractivity contribution in [3.8, 4) is 6.07 Å². The van der Waals surface area contributed by atoms with E-state index in [1.807, 2.05) is 13.0 Å². The fraction of sp³-hybridized carbons (Fsp3) is 0.600. The lowest BCUT2D eigenvalue weighted by molar-refractivity contribution is 0.164. The summed E-state index contributed by atoms with van der Waals surface area (Å²) < 4.78 is 0. The van der Waals surface area contributed by atoms with Gasteiger partial charge in [-0.2, -0.15) is 5.26 Å². The Morgan fingerprint density at radius 2 is 2.26 bits per heavy atom. The third-order valence-corrected chi connectivity index (χ3v) is 3.66. The van der Waals surface area contributed by atoms with E-state index in [9.17, 15) is 10.4 Å². The Morgan fingerprint density at radius 3 is 3.00 bits per heavy atom. The number of aliphatic hydroxyl groups is 1. The van der Waals surface area contributed by atoms with Crippen molar-refractivity contribution in [3.63, 3.8) is 0 Å². The Kier molecular flexibility index (Phi) is 4.75. The summed E-state index contributed by atoms with van der Waals surface area (Å²) in [5, 5.41) is 21.9. The topological polar surface area (TPSA) is 68.9 Å². The highest BCUT2D eigenvalue weighted by Crippen LogP contribution is 2.24. The third kappa shape index (κ3) is 3.45. The average molecular weight is 259 g/mol. The van der Waals surface area contributed by atoms with Gasteiger partial charge in [-0.15, -0.1) is 0 Å². The van der Waals surface area contributed by atoms with Crippen LogP contribution in [0.5, 0.6) is 0 Å². The van der Waals surface area contributed by atoms with Crippen LogP contribution in [0, 0.1) is 11.3 Å². The van der Waals surface area contributed by atoms with E-state index >= 15 is 0 Å². The zero-order valence-corrected chi connectivity index (χ0v) is 11.4. The second-order valence-electron chi connectivity index (χ2n) is 5.09. The summed E-state index contributed by atoms with van der Waals surface area (Å²) in [6, 6.07) is 4.18. The van der Waals surface area contributed by atoms with Crippen molar-refractivity contribution in [1.29, 1.82) is 5.26 Å². The average Bonchev–Trinajstić information content (AvgIpc) is 2.46. The molecule has 4 heteroatoms. The molecule has 1 atom stereocenters. The predicted octanol–water partition coefficient (Wildman–Crippen LogP) is 2.40. The number of hydrogen-bond donors (Lipinski definition) is 2. The standard InChI is InChI=1S/C15H21N3O/c1-2-13(19)7-8-17-15-12(10-16)9-11-5-3-4-6-14(11)18-15/h9,13,19H,2-8H2,1H3,(H,17,18). The van der Waals surface area contributed by atoms with E-state index in [0.717, 1.165) is 25.0 Å². The van der Waals surface area contributed by atoms with Gasteiger partial charge >= 0.3 is 0 Å². The molecule has 0 fully saturated rings. The lowest BCUT2D eigenvalue weighted by Crippen LogP contribution is -2.15. The van der Waals surface area contributed by atoms with Gasteiger partial charge in [0.1, 0.15) is 11.9 Å². The van der Waals surface area contributed by atoms with E-state index in [0.29, 0.717) is 24.3 Å². The summed E-state index contributed by atoms with van der Waals surface area (Å²) >= 11 is 0. The second kappa shape index (κ2) is 6.53. The Hall–Kier alpha value is -1.60. The Balaban J connectivity index is 2.09. The van der Waals surface area contributed by atoms with Gasteiger partial charge in [-0.3, -0.25) is 0 Å². The van der Waals surface area contributed by atoms with E-state index < -0.39 is 0 Å². The number of anilines is 1. The zero-order chi connectivity index (χ0) is 13.7. The first-order valence-electron chi connectivity index (χ1n) is 7.09. The highest BCUT2D eigenvalue weighted by atomic mass is 16.3. The smallest absolute Gasteiger partial charge is 0.144 e. The molecule has 1 aromatic rings. The quantitative estimate of drug-likeness (QED) is 0.852. The van der Waals surface area contributed by atoms with Crippen LogP contribution in [0.3, 0.4) is 0 Å². The maximum absolute atomic E-state index is 9.53. The van der Waals surface area contributed by atoms with Crippen molar-refractivity contribution in [3.05, 3.63) is 22.9 Å². The highest BCUT2D eigenvalue weighted by molar-refractivity contribution is 5.54. The van der Waals surface area contributed by atoms with Gasteiger partial charge in [-0.05, 0) is 50.2 Å². The summed E-state index contributed by atoms with van der Waals surface area (Å²) in [4.78, 5) is 4.59. The number of nitriles is 1. The minimum Gasteiger partial charge on any atom is -0.393 e. The Labute approximate surface area is 114 Å². The van der Waals surface area contributed by atoms with Crippen molar-refractivity contribution >= 4 is 5.82 Å². The van der Waals surface area contributed by atoms with Crippen LogP contribution in [0.25, 0.3) is 0 Å². The molecule has 0 aliphatic heterocycles. The van der Waals surface area contributed by atoms with Crippen molar-refractivity contribution in [1.82, 2.24) is 4.98 Å². The highest BCUT2D eigenvalue weighted by Gasteiger charge is 2.15. The Morgan fingerprint density at radius 1 is 1.47 bits per heavy atom. The predicted molar refractivity (Wildman–Crippen MR) is 75.0 cm³/mol. The molecule has 19 heavy (non-hydrogen) atoms. The lowest BCUT2D eigenvalue weighted by atomic mass is 9.95. The molecule has 0 bridgehead atoms. The molecule has 1 aliphatic carbocycles. The van der Waals surface area contributed by atoms with Crippen LogP contribution in [0.1, 0.15) is 49.4 Å². The van der Waals surface area contributed by atoms with Crippen molar-refractivity contribution in [2.45, 2.75) is 51.6 Å². The van der Waals surface area contributed by atoms with E-state index in [1.165, 1.54) is 18.4 Å². The first-order chi connectivity index (χ1) is 9.24. The summed E-state index contributed by atoms with van der Waals surface area (Å²) in [5.41, 5.74) is 2.97. The van der Waals surface area contributed by atoms with Crippen LogP contribution in [0.15, 0.2) is 6.07 Å². The number of pyridine rings is 1. The van der Waals surface area contributed by atoms with Gasteiger partial charge in [0, 0.05) is 12.2 Å². The van der Waals surface area contributed by atoms with Crippen LogP contribution in [0.2, 0.25) is 0 Å². The number of nitrogens with zero attached hydrogens (tertiary/aromatic N) is 2. The fourth-order valence-corrected chi connectivity index (χ4v) is 2.41. The van der Waals surface area contributed by atoms with E-state index in [2.05, 4.69) is 16.4 Å². The molecular weight excluding hydrogens is 238 g/mol. The SMILES string of the molecule is CCC(O)CCNc1nc2c(cc1C#N)CCCC2. The summed E-state index contributed by atoms with van der Waals surface area (Å²) in [6.07, 6.45) is 5.56. The normalized spacial score (nSPS) is 15.4. The molecule has 102 valence electrons. The monoisotopic (exact) mass is 259 g/mol. The minimum absolute atomic E-state index is 0.282. The van der Waals surface area contributed by atoms with E-state index in [4.69, 9.17) is 0 Å². The summed E-state index contributed by atoms with van der Waals surface area (Å²) in [7, 11) is 0. The number of hydrogen-bond acceptors (Lipinski definition) is 4. The molecule has 0 radical (unpaired) electrons. The van der Waals surface area contributed by atoms with Crippen LogP contribution in [-0.2, 0) is 12.8 Å². The second-order valence-corrected chi connectivity index (χ2v) is 5.09. The molecule has 0 aromatic carbocycles. The number of aryl methyl sites for hydroxylation is 2. The van der Waals surface area contributed by atoms with Crippen molar-refractivity contribution in [2.24, 2.45) is 0 Å². The fourth-order valence-electron chi connectivity index (χ4n) is 2.41. The molecule has 0 amide bonds. The van der Waals surface area contributed by atoms with Gasteiger partial charge < -0.3 is 10.4 Å². The molecule has 4 nitrogen and oxygen atoms in total. The maximum Gasteiger partial charge on any atom is 0.144 e. The van der Waals surface area contributed by atoms with Crippen LogP contribution in [0.4, 0.5) is 5.82 Å². The maximum atomic E-state index is 9.53. The Bertz CT molecular complexity index is 479. The van der Waals surface area contributed by atoms with Gasteiger partial charge in [-0.1, -0.05) is 6.92 Å². The zero-order valence-electron chi connectivity index (χ0n) is 11.4. The van der Waals surface area contributed by atoms with Crippen molar-refractivity contribution < 1.29 is 5.11 Å². The largest absolute Gasteiger partial charge is 0.393 e. The number of nitrogens with one attached hydrogen (secondary N) is 1. The van der Waals surface area contributed by atoms with Gasteiger partial charge in [0.05, 0.1) is 11.7 Å². The van der Waals surface area contributed by atoms with Gasteiger partial charge in [0.2, 0.25) is 0 Å². The van der Waals surface area contributed by atoms with Gasteiger partial charge in [0.15, 0.2) is 0 Å². The molecule has 0 saturated carbocycles. The van der Waals surface area contributed by atoms with E-state index in [1.54, 1.807) is 0 Å². The first kappa shape index (κ1) is 13.8. The minimum atomic E-state index is -0.282. The molecule has 2 N–H and O–H groups in total. The lowest BCUT2D eigenvalue weighted by Gasteiger charge is -2.17. The summed E-state index contributed by atoms with van der Waals surface area (Å²) in [5.74, 6) is 0.673. The summed E-state index contributed by atoms with van der Waals surface area (Å²) in [6.45, 7) is 2.61. The third-order valence-electron chi connectivity index (χ3n) is 3.66. The molecule has 1 unspecified atom stereocenters. The van der Waals surface area contributed by atoms with Gasteiger partial charge in [-0.25, -0.2) is 4.98 Å². The molecular formula is C15H21N3O. The van der Waals surface area contributed by atoms with Crippen LogP contribution < -0.4 is 5.32 Å². The van der Waals surface area contributed by atoms with E-state index in [-0.39, 0.29) is 6.10 Å². The number of fused-ring (bicyclic) bond motifs is 1. The number of rotatable bonds is 5. The van der Waals surface area contributed by atoms with Crippen molar-refractivity contribution in [2.75, 3.05) is 11.9 Å². The van der Waals surface area contributed by atoms with Gasteiger partial charge in [0.25, 0.3) is 0 Å². The molecule has 1 aliphatic rings. The molecule has 0 spiro atoms. The molecule has 1 heterocycles. The van der Waals surface area contributed by atoms with Crippen LogP contribution >= 0.6 is 0 Å². The number of aromatic nitrogens is 1. The van der Waals surface area contributed by atoms with Crippen LogP contribution in [-0.4, -0.2) is 22.7 Å². The molecule has 2 rings (SSSR count). The molecule has 1 aromatic heterocycles.